The lowest BCUT2D eigenvalue weighted by atomic mass is 10.0. The number of fused-ring (bicyclic) bond motifs is 1. The Morgan fingerprint density at radius 2 is 2.23 bits per heavy atom. The van der Waals surface area contributed by atoms with Crippen LogP contribution in [0.1, 0.15) is 6.92 Å². The van der Waals surface area contributed by atoms with Crippen molar-refractivity contribution in [1.82, 2.24) is 15.2 Å². The number of aromatic nitrogens is 3. The number of ether oxygens (including phenoxy) is 1. The SMILES string of the molecule is CCSc1nnc(NC(=O)C2CN(c3nc4ccc(OC)cc4s3)C2)s1. The van der Waals surface area contributed by atoms with Crippen LogP contribution in [0, 0.1) is 5.92 Å². The fraction of sp³-hybridized carbons (Fsp3) is 0.375. The van der Waals surface area contributed by atoms with Crippen molar-refractivity contribution in [3.8, 4) is 5.75 Å². The fourth-order valence-electron chi connectivity index (χ4n) is 2.61. The van der Waals surface area contributed by atoms with Crippen molar-refractivity contribution in [3.63, 3.8) is 0 Å². The molecule has 0 saturated carbocycles. The molecule has 1 N–H and O–H groups in total. The summed E-state index contributed by atoms with van der Waals surface area (Å²) in [6.45, 7) is 3.39. The van der Waals surface area contributed by atoms with Gasteiger partial charge in [-0.2, -0.15) is 0 Å². The van der Waals surface area contributed by atoms with Crippen molar-refractivity contribution >= 4 is 60.8 Å². The Morgan fingerprint density at radius 3 is 3.00 bits per heavy atom. The number of carbonyl (C=O) groups is 1. The number of nitrogens with one attached hydrogen (secondary N) is 1. The van der Waals surface area contributed by atoms with Gasteiger partial charge in [0, 0.05) is 13.1 Å². The van der Waals surface area contributed by atoms with E-state index in [-0.39, 0.29) is 11.8 Å². The van der Waals surface area contributed by atoms with E-state index < -0.39 is 0 Å². The normalized spacial score (nSPS) is 14.5. The van der Waals surface area contributed by atoms with Gasteiger partial charge in [0.2, 0.25) is 11.0 Å². The third-order valence-corrected chi connectivity index (χ3v) is 6.94. The highest BCUT2D eigenvalue weighted by molar-refractivity contribution is 8.01. The summed E-state index contributed by atoms with van der Waals surface area (Å²) < 4.78 is 7.22. The molecule has 4 rings (SSSR count). The van der Waals surface area contributed by atoms with Crippen LogP contribution >= 0.6 is 34.4 Å². The summed E-state index contributed by atoms with van der Waals surface area (Å²) in [4.78, 5) is 19.1. The summed E-state index contributed by atoms with van der Waals surface area (Å²) in [6.07, 6.45) is 0. The molecule has 1 saturated heterocycles. The number of thiazole rings is 1. The average Bonchev–Trinajstić information content (AvgIpc) is 3.19. The Morgan fingerprint density at radius 1 is 1.38 bits per heavy atom. The Balaban J connectivity index is 1.36. The van der Waals surface area contributed by atoms with Gasteiger partial charge in [0.25, 0.3) is 0 Å². The Labute approximate surface area is 162 Å². The summed E-state index contributed by atoms with van der Waals surface area (Å²) in [5.41, 5.74) is 0.952. The van der Waals surface area contributed by atoms with Crippen LogP contribution in [0.3, 0.4) is 0 Å². The first-order valence-corrected chi connectivity index (χ1v) is 10.7. The smallest absolute Gasteiger partial charge is 0.232 e. The van der Waals surface area contributed by atoms with E-state index in [9.17, 15) is 4.79 Å². The molecule has 0 radical (unpaired) electrons. The molecule has 0 unspecified atom stereocenters. The number of anilines is 2. The van der Waals surface area contributed by atoms with Gasteiger partial charge in [-0.1, -0.05) is 41.4 Å². The molecule has 10 heteroatoms. The highest BCUT2D eigenvalue weighted by Crippen LogP contribution is 2.35. The zero-order valence-corrected chi connectivity index (χ0v) is 16.7. The van der Waals surface area contributed by atoms with Gasteiger partial charge in [0.05, 0.1) is 23.2 Å². The largest absolute Gasteiger partial charge is 0.497 e. The first-order chi connectivity index (χ1) is 12.7. The molecule has 3 heterocycles. The lowest BCUT2D eigenvalue weighted by Crippen LogP contribution is -2.52. The molecule has 1 aromatic carbocycles. The van der Waals surface area contributed by atoms with E-state index in [2.05, 4.69) is 32.3 Å². The molecule has 1 aliphatic rings. The monoisotopic (exact) mass is 407 g/mol. The minimum Gasteiger partial charge on any atom is -0.497 e. The third-order valence-electron chi connectivity index (χ3n) is 4.01. The predicted octanol–water partition coefficient (Wildman–Crippen LogP) is 3.34. The Hall–Kier alpha value is -1.91. The molecule has 2 aromatic heterocycles. The van der Waals surface area contributed by atoms with Gasteiger partial charge >= 0.3 is 0 Å². The first kappa shape index (κ1) is 17.5. The molecule has 0 bridgehead atoms. The van der Waals surface area contributed by atoms with Crippen LogP contribution in [0.2, 0.25) is 0 Å². The number of thioether (sulfide) groups is 1. The number of methoxy groups -OCH3 is 1. The van der Waals surface area contributed by atoms with Gasteiger partial charge in [-0.15, -0.1) is 10.2 Å². The summed E-state index contributed by atoms with van der Waals surface area (Å²) in [5, 5.41) is 12.4. The summed E-state index contributed by atoms with van der Waals surface area (Å²) >= 11 is 4.65. The van der Waals surface area contributed by atoms with Crippen LogP contribution in [0.25, 0.3) is 10.2 Å². The van der Waals surface area contributed by atoms with Crippen LogP contribution < -0.4 is 15.0 Å². The topological polar surface area (TPSA) is 80.2 Å². The van der Waals surface area contributed by atoms with Crippen molar-refractivity contribution in [2.75, 3.05) is 36.2 Å². The number of benzene rings is 1. The number of rotatable bonds is 6. The minimum absolute atomic E-state index is 0.00627. The molecule has 3 aromatic rings. The lowest BCUT2D eigenvalue weighted by molar-refractivity contribution is -0.120. The Bertz CT molecular complexity index is 935. The summed E-state index contributed by atoms with van der Waals surface area (Å²) in [5.74, 6) is 1.70. The van der Waals surface area contributed by atoms with Crippen molar-refractivity contribution in [2.24, 2.45) is 5.92 Å². The number of amides is 1. The average molecular weight is 408 g/mol. The zero-order valence-electron chi connectivity index (χ0n) is 14.3. The van der Waals surface area contributed by atoms with Gasteiger partial charge in [-0.3, -0.25) is 4.79 Å². The standard InChI is InChI=1S/C16H17N5O2S3/c1-3-24-16-20-19-14(26-16)18-13(22)9-7-21(8-9)15-17-11-5-4-10(23-2)6-12(11)25-15/h4-6,9H,3,7-8H2,1-2H3,(H,18,19,22). The van der Waals surface area contributed by atoms with Crippen molar-refractivity contribution < 1.29 is 9.53 Å². The van der Waals surface area contributed by atoms with Crippen molar-refractivity contribution in [3.05, 3.63) is 18.2 Å². The number of hydrogen-bond acceptors (Lipinski definition) is 9. The summed E-state index contributed by atoms with van der Waals surface area (Å²) in [6, 6.07) is 5.85. The third kappa shape index (κ3) is 3.49. The first-order valence-electron chi connectivity index (χ1n) is 8.13. The van der Waals surface area contributed by atoms with Crippen molar-refractivity contribution in [1.29, 1.82) is 0 Å². The molecular weight excluding hydrogens is 390 g/mol. The molecule has 0 atom stereocenters. The second-order valence-corrected chi connectivity index (χ2v) is 9.23. The summed E-state index contributed by atoms with van der Waals surface area (Å²) in [7, 11) is 1.66. The maximum absolute atomic E-state index is 12.4. The van der Waals surface area contributed by atoms with Crippen LogP contribution in [0.4, 0.5) is 10.3 Å². The lowest BCUT2D eigenvalue weighted by Gasteiger charge is -2.37. The maximum atomic E-state index is 12.4. The number of hydrogen-bond donors (Lipinski definition) is 1. The van der Waals surface area contributed by atoms with E-state index in [1.807, 2.05) is 18.2 Å². The molecule has 0 aliphatic carbocycles. The molecular formula is C16H17N5O2S3. The second kappa shape index (κ2) is 7.37. The predicted molar refractivity (Wildman–Crippen MR) is 107 cm³/mol. The van der Waals surface area contributed by atoms with E-state index in [0.717, 1.165) is 31.2 Å². The number of nitrogens with zero attached hydrogens (tertiary/aromatic N) is 4. The van der Waals surface area contributed by atoms with Gasteiger partial charge in [0.1, 0.15) is 5.75 Å². The van der Waals surface area contributed by atoms with E-state index in [1.165, 1.54) is 11.3 Å². The molecule has 1 fully saturated rings. The molecule has 26 heavy (non-hydrogen) atoms. The molecule has 1 amide bonds. The van der Waals surface area contributed by atoms with E-state index in [0.29, 0.717) is 18.2 Å². The highest BCUT2D eigenvalue weighted by atomic mass is 32.2. The fourth-order valence-corrected chi connectivity index (χ4v) is 5.27. The molecule has 136 valence electrons. The quantitative estimate of drug-likeness (QED) is 0.496. The van der Waals surface area contributed by atoms with Crippen LogP contribution in [0.15, 0.2) is 22.5 Å². The number of carbonyl (C=O) groups excluding carboxylic acids is 1. The van der Waals surface area contributed by atoms with Crippen molar-refractivity contribution in [2.45, 2.75) is 11.3 Å². The second-order valence-electron chi connectivity index (χ2n) is 5.73. The van der Waals surface area contributed by atoms with Crippen LogP contribution in [-0.4, -0.2) is 47.0 Å². The molecule has 1 aliphatic heterocycles. The molecule has 7 nitrogen and oxygen atoms in total. The van der Waals surface area contributed by atoms with Crippen LogP contribution in [0.5, 0.6) is 5.75 Å². The maximum Gasteiger partial charge on any atom is 0.232 e. The minimum atomic E-state index is -0.0530. The zero-order chi connectivity index (χ0) is 18.1. The van der Waals surface area contributed by atoms with Gasteiger partial charge in [-0.05, 0) is 24.0 Å². The highest BCUT2D eigenvalue weighted by Gasteiger charge is 2.34. The Kier molecular flexibility index (Phi) is 4.96. The molecule has 0 spiro atoms. The van der Waals surface area contributed by atoms with Gasteiger partial charge in [0.15, 0.2) is 9.47 Å². The van der Waals surface area contributed by atoms with Crippen LogP contribution in [-0.2, 0) is 4.79 Å². The van der Waals surface area contributed by atoms with E-state index >= 15 is 0 Å². The van der Waals surface area contributed by atoms with Gasteiger partial charge in [-0.25, -0.2) is 4.98 Å². The van der Waals surface area contributed by atoms with Gasteiger partial charge < -0.3 is 15.0 Å². The van der Waals surface area contributed by atoms with E-state index in [1.54, 1.807) is 30.2 Å². The van der Waals surface area contributed by atoms with E-state index in [4.69, 9.17) is 4.74 Å².